The molecule has 1 aliphatic rings. The smallest absolute Gasteiger partial charge is 0.253 e. The molecule has 1 unspecified atom stereocenters. The second-order valence-electron chi connectivity index (χ2n) is 11.8. The highest BCUT2D eigenvalue weighted by Gasteiger charge is 2.38. The first-order valence-electron chi connectivity index (χ1n) is 15.6. The molecular weight excluding hydrogens is 614 g/mol. The van der Waals surface area contributed by atoms with Crippen molar-refractivity contribution in [2.75, 3.05) is 26.2 Å². The Morgan fingerprint density at radius 2 is 1.70 bits per heavy atom. The molecule has 246 valence electrons. The summed E-state index contributed by atoms with van der Waals surface area (Å²) in [6, 6.07) is 12.7. The Labute approximate surface area is 273 Å². The fraction of sp³-hybridized carbons (Fsp3) is 0.400. The van der Waals surface area contributed by atoms with Gasteiger partial charge in [-0.15, -0.1) is 0 Å². The Balaban J connectivity index is 1.61. The van der Waals surface area contributed by atoms with Gasteiger partial charge >= 0.3 is 0 Å². The zero-order chi connectivity index (χ0) is 33.4. The van der Waals surface area contributed by atoms with E-state index in [0.717, 1.165) is 36.6 Å². The average Bonchev–Trinajstić information content (AvgIpc) is 3.00. The lowest BCUT2D eigenvalue weighted by molar-refractivity contribution is -0.140. The first-order chi connectivity index (χ1) is 22.0. The topological polar surface area (TPSA) is 102 Å². The summed E-state index contributed by atoms with van der Waals surface area (Å²) in [6.45, 7) is 7.94. The molecule has 11 heteroatoms. The molecule has 0 radical (unpaired) electrons. The van der Waals surface area contributed by atoms with Crippen LogP contribution in [0, 0.1) is 18.6 Å². The van der Waals surface area contributed by atoms with E-state index in [4.69, 9.17) is 11.6 Å². The van der Waals surface area contributed by atoms with E-state index in [9.17, 15) is 28.3 Å². The number of carbonyl (C=O) groups excluding carboxylic acids is 3. The third-order valence-corrected chi connectivity index (χ3v) is 8.13. The van der Waals surface area contributed by atoms with Crippen LogP contribution >= 0.6 is 11.6 Å². The Hall–Kier alpha value is -3.86. The fourth-order valence-electron chi connectivity index (χ4n) is 5.83. The molecule has 0 spiro atoms. The second kappa shape index (κ2) is 16.1. The van der Waals surface area contributed by atoms with Gasteiger partial charge in [0.05, 0.1) is 12.1 Å². The minimum absolute atomic E-state index is 0.167. The minimum Gasteiger partial charge on any atom is -0.389 e. The molecule has 3 aromatic carbocycles. The van der Waals surface area contributed by atoms with Crippen LogP contribution in [0.4, 0.5) is 8.78 Å². The number of aliphatic hydroxyl groups excluding tert-OH is 1. The number of benzene rings is 3. The maximum absolute atomic E-state index is 14.1. The largest absolute Gasteiger partial charge is 0.389 e. The lowest BCUT2D eigenvalue weighted by atomic mass is 9.93. The van der Waals surface area contributed by atoms with Crippen molar-refractivity contribution in [3.63, 3.8) is 0 Å². The summed E-state index contributed by atoms with van der Waals surface area (Å²) in [6.07, 6.45) is -0.0642. The number of amides is 3. The molecule has 1 fully saturated rings. The van der Waals surface area contributed by atoms with Crippen molar-refractivity contribution in [1.29, 1.82) is 0 Å². The molecule has 3 N–H and O–H groups in total. The van der Waals surface area contributed by atoms with E-state index in [-0.39, 0.29) is 30.0 Å². The van der Waals surface area contributed by atoms with Crippen molar-refractivity contribution in [3.8, 4) is 0 Å². The highest BCUT2D eigenvalue weighted by Crippen LogP contribution is 2.20. The molecule has 0 saturated carbocycles. The summed E-state index contributed by atoms with van der Waals surface area (Å²) in [7, 11) is 0. The van der Waals surface area contributed by atoms with Gasteiger partial charge in [-0.1, -0.05) is 37.6 Å². The van der Waals surface area contributed by atoms with Crippen molar-refractivity contribution < 1.29 is 28.3 Å². The lowest BCUT2D eigenvalue weighted by Gasteiger charge is -2.38. The predicted octanol–water partition coefficient (Wildman–Crippen LogP) is 4.89. The van der Waals surface area contributed by atoms with Crippen LogP contribution in [0.15, 0.2) is 60.7 Å². The number of carbonyl (C=O) groups is 3. The number of aryl methyl sites for hydroxylation is 1. The predicted molar refractivity (Wildman–Crippen MR) is 174 cm³/mol. The maximum Gasteiger partial charge on any atom is 0.253 e. The van der Waals surface area contributed by atoms with E-state index in [1.54, 1.807) is 47.1 Å². The number of hydrogen-bond donors (Lipinski definition) is 3. The highest BCUT2D eigenvalue weighted by molar-refractivity contribution is 6.30. The van der Waals surface area contributed by atoms with E-state index >= 15 is 0 Å². The van der Waals surface area contributed by atoms with Gasteiger partial charge in [0, 0.05) is 54.9 Å². The summed E-state index contributed by atoms with van der Waals surface area (Å²) < 4.78 is 28.3. The number of aliphatic hydroxyl groups is 1. The SMILES string of the molecule is CCCN(CCC)C(=O)c1cc(C)cc(C(=O)N[C@@H](Cc2cc(F)cc(F)c2)C(O)[C@@H]2NCCN(Cc3cccc(Cl)c3)C2=O)c1. The van der Waals surface area contributed by atoms with Gasteiger partial charge < -0.3 is 25.5 Å². The molecule has 0 bridgehead atoms. The van der Waals surface area contributed by atoms with Gasteiger partial charge in [0.15, 0.2) is 0 Å². The zero-order valence-electron chi connectivity index (χ0n) is 26.4. The first kappa shape index (κ1) is 35.0. The van der Waals surface area contributed by atoms with Crippen LogP contribution in [0.5, 0.6) is 0 Å². The summed E-state index contributed by atoms with van der Waals surface area (Å²) >= 11 is 6.13. The van der Waals surface area contributed by atoms with Crippen molar-refractivity contribution in [2.24, 2.45) is 0 Å². The van der Waals surface area contributed by atoms with Gasteiger partial charge in [0.2, 0.25) is 5.91 Å². The van der Waals surface area contributed by atoms with Crippen molar-refractivity contribution in [1.82, 2.24) is 20.4 Å². The molecule has 3 amide bonds. The Morgan fingerprint density at radius 1 is 1.02 bits per heavy atom. The molecule has 4 rings (SSSR count). The fourth-order valence-corrected chi connectivity index (χ4v) is 6.04. The van der Waals surface area contributed by atoms with Crippen LogP contribution in [0.3, 0.4) is 0 Å². The normalized spacial score (nSPS) is 16.2. The Morgan fingerprint density at radius 3 is 2.35 bits per heavy atom. The highest BCUT2D eigenvalue weighted by atomic mass is 35.5. The molecule has 3 atom stereocenters. The molecular formula is C35H41ClF2N4O4. The molecule has 46 heavy (non-hydrogen) atoms. The van der Waals surface area contributed by atoms with Gasteiger partial charge in [0.1, 0.15) is 17.7 Å². The van der Waals surface area contributed by atoms with Gasteiger partial charge in [-0.2, -0.15) is 0 Å². The van der Waals surface area contributed by atoms with E-state index in [1.807, 2.05) is 19.9 Å². The number of nitrogens with zero attached hydrogens (tertiary/aromatic N) is 2. The summed E-state index contributed by atoms with van der Waals surface area (Å²) in [5.41, 5.74) is 2.24. The molecule has 1 heterocycles. The van der Waals surface area contributed by atoms with Gasteiger partial charge in [0.25, 0.3) is 11.8 Å². The zero-order valence-corrected chi connectivity index (χ0v) is 27.1. The van der Waals surface area contributed by atoms with Crippen LogP contribution in [0.25, 0.3) is 0 Å². The summed E-state index contributed by atoms with van der Waals surface area (Å²) in [4.78, 5) is 44.0. The second-order valence-corrected chi connectivity index (χ2v) is 12.2. The Bertz CT molecular complexity index is 1530. The minimum atomic E-state index is -1.47. The monoisotopic (exact) mass is 654 g/mol. The van der Waals surface area contributed by atoms with Gasteiger partial charge in [-0.3, -0.25) is 14.4 Å². The van der Waals surface area contributed by atoms with Crippen LogP contribution < -0.4 is 10.6 Å². The third kappa shape index (κ3) is 9.11. The van der Waals surface area contributed by atoms with Crippen LogP contribution in [0.2, 0.25) is 5.02 Å². The first-order valence-corrected chi connectivity index (χ1v) is 16.0. The number of nitrogens with one attached hydrogen (secondary N) is 2. The van der Waals surface area contributed by atoms with Crippen LogP contribution in [-0.2, 0) is 17.8 Å². The van der Waals surface area contributed by atoms with Gasteiger partial charge in [-0.25, -0.2) is 8.78 Å². The van der Waals surface area contributed by atoms with Crippen LogP contribution in [0.1, 0.15) is 64.1 Å². The van der Waals surface area contributed by atoms with Crippen molar-refractivity contribution in [3.05, 3.63) is 105 Å². The molecule has 1 aliphatic heterocycles. The average molecular weight is 655 g/mol. The van der Waals surface area contributed by atoms with E-state index in [2.05, 4.69) is 10.6 Å². The van der Waals surface area contributed by atoms with E-state index in [1.165, 1.54) is 6.07 Å². The quantitative estimate of drug-likeness (QED) is 0.244. The van der Waals surface area contributed by atoms with Crippen molar-refractivity contribution in [2.45, 2.75) is 64.8 Å². The molecule has 3 aromatic rings. The molecule has 0 aromatic heterocycles. The number of hydrogen-bond acceptors (Lipinski definition) is 5. The number of rotatable bonds is 13. The lowest BCUT2D eigenvalue weighted by Crippen LogP contribution is -2.63. The number of piperazine rings is 1. The van der Waals surface area contributed by atoms with Crippen molar-refractivity contribution >= 4 is 29.3 Å². The Kier molecular flexibility index (Phi) is 12.3. The van der Waals surface area contributed by atoms with Gasteiger partial charge in [-0.05, 0) is 85.3 Å². The van der Waals surface area contributed by atoms with E-state index < -0.39 is 41.6 Å². The standard InChI is InChI=1S/C35H41ClF2N4O4/c1-4-10-41(11-5-2)34(45)26-14-22(3)13-25(19-26)33(44)40-30(18-24-16-28(37)20-29(38)17-24)32(43)31-35(46)42(12-9-39-31)21-23-7-6-8-27(36)15-23/h6-8,13-17,19-20,30-32,39,43H,4-5,9-12,18,21H2,1-3H3,(H,40,44)/t30-,31-,32?/m0/s1. The third-order valence-electron chi connectivity index (χ3n) is 7.90. The molecule has 0 aliphatic carbocycles. The van der Waals surface area contributed by atoms with Crippen LogP contribution in [-0.4, -0.2) is 77.0 Å². The summed E-state index contributed by atoms with van der Waals surface area (Å²) in [5.74, 6) is -2.79. The summed E-state index contributed by atoms with van der Waals surface area (Å²) in [5, 5.41) is 18.0. The van der Waals surface area contributed by atoms with E-state index in [0.29, 0.717) is 42.3 Å². The number of halogens is 3. The maximum atomic E-state index is 14.1. The molecule has 1 saturated heterocycles. The molecule has 8 nitrogen and oxygen atoms in total.